The fraction of sp³-hybridized carbons (Fsp3) is 0.333. The van der Waals surface area contributed by atoms with E-state index in [-0.39, 0.29) is 12.5 Å². The minimum atomic E-state index is -0.0385. The molecule has 0 aliphatic carbocycles. The molecule has 0 bridgehead atoms. The molecule has 0 radical (unpaired) electrons. The summed E-state index contributed by atoms with van der Waals surface area (Å²) < 4.78 is 13.1. The Morgan fingerprint density at radius 1 is 1.33 bits per heavy atom. The van der Waals surface area contributed by atoms with E-state index < -0.39 is 0 Å². The Hall–Kier alpha value is -2.26. The summed E-state index contributed by atoms with van der Waals surface area (Å²) in [4.78, 5) is 13.8. The Bertz CT molecular complexity index is 714. The molecule has 8 nitrogen and oxygen atoms in total. The first-order valence-corrected chi connectivity index (χ1v) is 8.18. The number of hydrogen-bond acceptors (Lipinski definition) is 6. The molecule has 2 heterocycles. The van der Waals surface area contributed by atoms with Gasteiger partial charge >= 0.3 is 0 Å². The van der Waals surface area contributed by atoms with E-state index in [1.54, 1.807) is 17.2 Å². The highest BCUT2D eigenvalue weighted by Crippen LogP contribution is 2.25. The van der Waals surface area contributed by atoms with Gasteiger partial charge in [-0.05, 0) is 39.7 Å². The Labute approximate surface area is 147 Å². The number of nitrogens with zero attached hydrogens (tertiary/aromatic N) is 5. The van der Waals surface area contributed by atoms with Crippen molar-refractivity contribution in [2.24, 2.45) is 5.10 Å². The van der Waals surface area contributed by atoms with Gasteiger partial charge in [0.05, 0.1) is 23.9 Å². The van der Waals surface area contributed by atoms with Gasteiger partial charge in [0.25, 0.3) is 5.91 Å². The van der Waals surface area contributed by atoms with Crippen LogP contribution in [-0.4, -0.2) is 64.8 Å². The lowest BCUT2D eigenvalue weighted by molar-refractivity contribution is -0.137. The number of morpholine rings is 1. The van der Waals surface area contributed by atoms with Gasteiger partial charge in [0.1, 0.15) is 18.4 Å². The monoisotopic (exact) mass is 393 g/mol. The number of carbonyl (C=O) groups excluding carboxylic acids is 1. The second-order valence-corrected chi connectivity index (χ2v) is 5.91. The summed E-state index contributed by atoms with van der Waals surface area (Å²) >= 11 is 3.45. The smallest absolute Gasteiger partial charge is 0.260 e. The molecule has 1 aromatic heterocycles. The minimum absolute atomic E-state index is 0.00669. The van der Waals surface area contributed by atoms with Gasteiger partial charge in [-0.1, -0.05) is 0 Å². The minimum Gasteiger partial charge on any atom is -0.483 e. The number of carbonyl (C=O) groups is 1. The van der Waals surface area contributed by atoms with Crippen molar-refractivity contribution >= 4 is 28.1 Å². The zero-order chi connectivity index (χ0) is 16.8. The molecule has 126 valence electrons. The summed E-state index contributed by atoms with van der Waals surface area (Å²) in [6.07, 6.45) is 4.68. The number of benzene rings is 1. The summed E-state index contributed by atoms with van der Waals surface area (Å²) in [7, 11) is 0. The van der Waals surface area contributed by atoms with Crippen molar-refractivity contribution in [1.29, 1.82) is 0 Å². The third-order valence-corrected chi connectivity index (χ3v) is 4.04. The molecule has 1 amide bonds. The van der Waals surface area contributed by atoms with Gasteiger partial charge < -0.3 is 14.4 Å². The Kier molecular flexibility index (Phi) is 5.55. The summed E-state index contributed by atoms with van der Waals surface area (Å²) in [6, 6.07) is 5.51. The predicted molar refractivity (Wildman–Crippen MR) is 90.1 cm³/mol. The van der Waals surface area contributed by atoms with Crippen molar-refractivity contribution in [3.05, 3.63) is 40.9 Å². The molecule has 1 fully saturated rings. The van der Waals surface area contributed by atoms with Crippen molar-refractivity contribution < 1.29 is 14.3 Å². The third-order valence-electron chi connectivity index (χ3n) is 3.42. The number of hydrogen-bond donors (Lipinski definition) is 0. The average Bonchev–Trinajstić information content (AvgIpc) is 3.13. The van der Waals surface area contributed by atoms with Crippen LogP contribution in [0.2, 0.25) is 0 Å². The second-order valence-electron chi connectivity index (χ2n) is 5.06. The summed E-state index contributed by atoms with van der Waals surface area (Å²) in [5.74, 6) is 0.571. The first-order chi connectivity index (χ1) is 11.7. The van der Waals surface area contributed by atoms with Crippen LogP contribution in [0.1, 0.15) is 5.56 Å². The molecule has 2 aromatic rings. The molecule has 3 rings (SSSR count). The molecule has 0 saturated carbocycles. The molecule has 1 aliphatic rings. The maximum absolute atomic E-state index is 12.1. The van der Waals surface area contributed by atoms with Crippen molar-refractivity contribution in [3.63, 3.8) is 0 Å². The van der Waals surface area contributed by atoms with Gasteiger partial charge in [0.15, 0.2) is 6.61 Å². The maximum Gasteiger partial charge on any atom is 0.260 e. The van der Waals surface area contributed by atoms with Crippen LogP contribution in [0.25, 0.3) is 0 Å². The van der Waals surface area contributed by atoms with Crippen LogP contribution in [0, 0.1) is 0 Å². The van der Waals surface area contributed by atoms with Crippen molar-refractivity contribution in [1.82, 2.24) is 19.8 Å². The molecular weight excluding hydrogens is 378 g/mol. The van der Waals surface area contributed by atoms with Crippen LogP contribution in [-0.2, 0) is 9.53 Å². The topological polar surface area (TPSA) is 81.8 Å². The lowest BCUT2D eigenvalue weighted by Gasteiger charge is -2.26. The number of rotatable bonds is 5. The summed E-state index contributed by atoms with van der Waals surface area (Å²) in [6.45, 7) is 2.39. The van der Waals surface area contributed by atoms with E-state index in [0.29, 0.717) is 32.1 Å². The molecule has 0 atom stereocenters. The summed E-state index contributed by atoms with van der Waals surface area (Å²) in [5.41, 5.74) is 0.877. The second kappa shape index (κ2) is 8.02. The Morgan fingerprint density at radius 3 is 2.79 bits per heavy atom. The van der Waals surface area contributed by atoms with Crippen molar-refractivity contribution in [3.8, 4) is 5.75 Å². The highest BCUT2D eigenvalue weighted by atomic mass is 79.9. The maximum atomic E-state index is 12.1. The number of aromatic nitrogens is 3. The fourth-order valence-corrected chi connectivity index (χ4v) is 2.66. The molecule has 24 heavy (non-hydrogen) atoms. The van der Waals surface area contributed by atoms with Gasteiger partial charge in [-0.3, -0.25) is 4.79 Å². The third kappa shape index (κ3) is 4.39. The quantitative estimate of drug-likeness (QED) is 0.711. The van der Waals surface area contributed by atoms with Crippen molar-refractivity contribution in [2.45, 2.75) is 0 Å². The number of ether oxygens (including phenoxy) is 2. The molecule has 1 aromatic carbocycles. The molecule has 1 saturated heterocycles. The highest BCUT2D eigenvalue weighted by molar-refractivity contribution is 9.10. The number of halogens is 1. The van der Waals surface area contributed by atoms with Crippen molar-refractivity contribution in [2.75, 3.05) is 32.9 Å². The molecule has 0 spiro atoms. The van der Waals surface area contributed by atoms with Crippen LogP contribution in [0.15, 0.2) is 40.4 Å². The first-order valence-electron chi connectivity index (χ1n) is 7.39. The van der Waals surface area contributed by atoms with Gasteiger partial charge in [0.2, 0.25) is 0 Å². The Balaban J connectivity index is 1.57. The molecule has 9 heteroatoms. The van der Waals surface area contributed by atoms with Gasteiger partial charge in [-0.2, -0.15) is 5.10 Å². The predicted octanol–water partition coefficient (Wildman–Crippen LogP) is 1.16. The SMILES string of the molecule is O=C(COc1ccc(/C=N\n2cnnc2)cc1Br)N1CCOCC1. The van der Waals surface area contributed by atoms with Gasteiger partial charge in [-0.25, -0.2) is 4.68 Å². The molecular formula is C15H16BrN5O3. The lowest BCUT2D eigenvalue weighted by atomic mass is 10.2. The molecule has 1 aliphatic heterocycles. The largest absolute Gasteiger partial charge is 0.483 e. The van der Waals surface area contributed by atoms with E-state index in [1.165, 1.54) is 17.3 Å². The van der Waals surface area contributed by atoms with Crippen LogP contribution in [0.5, 0.6) is 5.75 Å². The zero-order valence-electron chi connectivity index (χ0n) is 12.8. The van der Waals surface area contributed by atoms with Gasteiger partial charge in [0, 0.05) is 13.1 Å². The van der Waals surface area contributed by atoms with Crippen LogP contribution >= 0.6 is 15.9 Å². The highest BCUT2D eigenvalue weighted by Gasteiger charge is 2.17. The fourth-order valence-electron chi connectivity index (χ4n) is 2.15. The number of amides is 1. The van der Waals surface area contributed by atoms with Gasteiger partial charge in [-0.15, -0.1) is 10.2 Å². The lowest BCUT2D eigenvalue weighted by Crippen LogP contribution is -2.43. The van der Waals surface area contributed by atoms with Crippen LogP contribution < -0.4 is 4.74 Å². The average molecular weight is 394 g/mol. The van der Waals surface area contributed by atoms with Crippen LogP contribution in [0.4, 0.5) is 0 Å². The first kappa shape index (κ1) is 16.6. The van der Waals surface area contributed by atoms with E-state index in [0.717, 1.165) is 10.0 Å². The summed E-state index contributed by atoms with van der Waals surface area (Å²) in [5, 5.41) is 11.5. The normalized spacial score (nSPS) is 15.0. The zero-order valence-corrected chi connectivity index (χ0v) is 14.4. The van der Waals surface area contributed by atoms with E-state index in [1.807, 2.05) is 12.1 Å². The van der Waals surface area contributed by atoms with E-state index >= 15 is 0 Å². The van der Waals surface area contributed by atoms with E-state index in [9.17, 15) is 4.79 Å². The van der Waals surface area contributed by atoms with Crippen LogP contribution in [0.3, 0.4) is 0 Å². The molecule has 0 unspecified atom stereocenters. The van der Waals surface area contributed by atoms with E-state index in [4.69, 9.17) is 9.47 Å². The Morgan fingerprint density at radius 2 is 2.08 bits per heavy atom. The van der Waals surface area contributed by atoms with E-state index in [2.05, 4.69) is 31.2 Å². The molecule has 0 N–H and O–H groups in total. The standard InChI is InChI=1S/C15H16BrN5O3/c16-13-7-12(8-19-21-10-17-18-11-21)1-2-14(13)24-9-15(22)20-3-5-23-6-4-20/h1-2,7-8,10-11H,3-6,9H2/b19-8-.